The molecular formula is C24H26N2O5S. The van der Waals surface area contributed by atoms with Crippen LogP contribution >= 0.6 is 0 Å². The fourth-order valence-electron chi connectivity index (χ4n) is 3.64. The van der Waals surface area contributed by atoms with Crippen LogP contribution in [0.1, 0.15) is 13.3 Å². The molecule has 7 nitrogen and oxygen atoms in total. The highest BCUT2D eigenvalue weighted by Gasteiger charge is 2.26. The molecule has 1 heterocycles. The molecule has 32 heavy (non-hydrogen) atoms. The Bertz CT molecular complexity index is 1180. The molecule has 3 aromatic carbocycles. The third kappa shape index (κ3) is 4.77. The highest BCUT2D eigenvalue weighted by atomic mass is 32.2. The summed E-state index contributed by atoms with van der Waals surface area (Å²) < 4.78 is 38.2. The van der Waals surface area contributed by atoms with Gasteiger partial charge >= 0.3 is 0 Å². The summed E-state index contributed by atoms with van der Waals surface area (Å²) in [6, 6.07) is 19.8. The quantitative estimate of drug-likeness (QED) is 0.589. The van der Waals surface area contributed by atoms with Gasteiger partial charge in [0.1, 0.15) is 5.75 Å². The number of carbonyl (C=O) groups is 1. The number of rotatable bonds is 7. The molecule has 8 heteroatoms. The minimum Gasteiger partial charge on any atom is -0.480 e. The van der Waals surface area contributed by atoms with Crippen LogP contribution in [0.3, 0.4) is 0 Å². The third-order valence-corrected chi connectivity index (χ3v) is 7.32. The van der Waals surface area contributed by atoms with Crippen LogP contribution in [0.25, 0.3) is 10.8 Å². The lowest BCUT2D eigenvalue weighted by Crippen LogP contribution is -2.40. The molecule has 1 aliphatic heterocycles. The average Bonchev–Trinajstić information content (AvgIpc) is 2.83. The molecule has 1 fully saturated rings. The van der Waals surface area contributed by atoms with E-state index in [-0.39, 0.29) is 10.8 Å². The number of nitrogens with zero attached hydrogens (tertiary/aromatic N) is 1. The Morgan fingerprint density at radius 1 is 1.03 bits per heavy atom. The Kier molecular flexibility index (Phi) is 6.74. The molecule has 0 saturated carbocycles. The summed E-state index contributed by atoms with van der Waals surface area (Å²) >= 11 is 0. The standard InChI is InChI=1S/C24H26N2O5S/c1-2-22(31-23-9-5-7-18-6-3-4-8-21(18)23)24(27)25-19-10-12-20(13-11-19)32(28,29)26-14-16-30-17-15-26/h3-13,22H,2,14-17H2,1H3,(H,25,27)/t22-/m1/s1. The topological polar surface area (TPSA) is 84.9 Å². The Hall–Kier alpha value is -2.94. The van der Waals surface area contributed by atoms with Gasteiger partial charge in [-0.15, -0.1) is 0 Å². The van der Waals surface area contributed by atoms with Gasteiger partial charge in [-0.25, -0.2) is 8.42 Å². The number of sulfonamides is 1. The van der Waals surface area contributed by atoms with E-state index in [0.717, 1.165) is 10.8 Å². The van der Waals surface area contributed by atoms with Crippen molar-refractivity contribution < 1.29 is 22.7 Å². The first-order valence-electron chi connectivity index (χ1n) is 10.6. The second-order valence-electron chi connectivity index (χ2n) is 7.52. The van der Waals surface area contributed by atoms with Crippen molar-refractivity contribution in [3.05, 3.63) is 66.7 Å². The average molecular weight is 455 g/mol. The highest BCUT2D eigenvalue weighted by molar-refractivity contribution is 7.89. The molecule has 1 atom stereocenters. The van der Waals surface area contributed by atoms with Gasteiger partial charge < -0.3 is 14.8 Å². The lowest BCUT2D eigenvalue weighted by molar-refractivity contribution is -0.122. The van der Waals surface area contributed by atoms with Gasteiger partial charge in [0.15, 0.2) is 6.10 Å². The lowest BCUT2D eigenvalue weighted by Gasteiger charge is -2.26. The molecule has 4 rings (SSSR count). The van der Waals surface area contributed by atoms with Gasteiger partial charge in [-0.05, 0) is 42.1 Å². The maximum absolute atomic E-state index is 12.8. The first-order valence-corrected chi connectivity index (χ1v) is 12.1. The zero-order chi connectivity index (χ0) is 22.6. The minimum atomic E-state index is -3.57. The van der Waals surface area contributed by atoms with Crippen LogP contribution < -0.4 is 10.1 Å². The maximum atomic E-state index is 12.8. The molecule has 3 aromatic rings. The number of nitrogens with one attached hydrogen (secondary N) is 1. The van der Waals surface area contributed by atoms with E-state index in [9.17, 15) is 13.2 Å². The number of ether oxygens (including phenoxy) is 2. The molecule has 1 aliphatic rings. The number of amides is 1. The van der Waals surface area contributed by atoms with Crippen molar-refractivity contribution in [3.8, 4) is 5.75 Å². The van der Waals surface area contributed by atoms with Crippen molar-refractivity contribution in [3.63, 3.8) is 0 Å². The number of carbonyl (C=O) groups excluding carboxylic acids is 1. The SMILES string of the molecule is CC[C@@H](Oc1cccc2ccccc12)C(=O)Nc1ccc(S(=O)(=O)N2CCOCC2)cc1. The van der Waals surface area contributed by atoms with Crippen molar-refractivity contribution in [1.29, 1.82) is 0 Å². The molecule has 0 radical (unpaired) electrons. The first kappa shape index (κ1) is 22.3. The van der Waals surface area contributed by atoms with Crippen molar-refractivity contribution in [1.82, 2.24) is 4.31 Å². The van der Waals surface area contributed by atoms with Crippen molar-refractivity contribution >= 4 is 32.4 Å². The van der Waals surface area contributed by atoms with Gasteiger partial charge in [0.05, 0.1) is 18.1 Å². The molecule has 1 amide bonds. The fraction of sp³-hybridized carbons (Fsp3) is 0.292. The fourth-order valence-corrected chi connectivity index (χ4v) is 5.05. The summed E-state index contributed by atoms with van der Waals surface area (Å²) in [5, 5.41) is 4.81. The summed E-state index contributed by atoms with van der Waals surface area (Å²) in [7, 11) is -3.57. The van der Waals surface area contributed by atoms with Crippen LogP contribution in [0.15, 0.2) is 71.6 Å². The summed E-state index contributed by atoms with van der Waals surface area (Å²) in [4.78, 5) is 13.0. The van der Waals surface area contributed by atoms with Gasteiger partial charge in [0.25, 0.3) is 5.91 Å². The van der Waals surface area contributed by atoms with E-state index in [2.05, 4.69) is 5.32 Å². The van der Waals surface area contributed by atoms with E-state index in [1.165, 1.54) is 16.4 Å². The van der Waals surface area contributed by atoms with E-state index in [1.54, 1.807) is 12.1 Å². The van der Waals surface area contributed by atoms with Gasteiger partial charge in [-0.3, -0.25) is 4.79 Å². The van der Waals surface area contributed by atoms with Crippen LogP contribution in [-0.2, 0) is 19.6 Å². The van der Waals surface area contributed by atoms with Crippen LogP contribution in [-0.4, -0.2) is 51.0 Å². The van der Waals surface area contributed by atoms with Gasteiger partial charge in [0, 0.05) is 24.2 Å². The second-order valence-corrected chi connectivity index (χ2v) is 9.46. The number of hydrogen-bond donors (Lipinski definition) is 1. The Morgan fingerprint density at radius 3 is 2.44 bits per heavy atom. The molecule has 1 saturated heterocycles. The normalized spacial score (nSPS) is 15.9. The van der Waals surface area contributed by atoms with Crippen molar-refractivity contribution in [2.75, 3.05) is 31.6 Å². The van der Waals surface area contributed by atoms with Gasteiger partial charge in [-0.2, -0.15) is 4.31 Å². The smallest absolute Gasteiger partial charge is 0.265 e. The van der Waals surface area contributed by atoms with Crippen LogP contribution in [0.5, 0.6) is 5.75 Å². The zero-order valence-electron chi connectivity index (χ0n) is 17.9. The largest absolute Gasteiger partial charge is 0.480 e. The number of morpholine rings is 1. The zero-order valence-corrected chi connectivity index (χ0v) is 18.7. The van der Waals surface area contributed by atoms with Crippen LogP contribution in [0.2, 0.25) is 0 Å². The van der Waals surface area contributed by atoms with Crippen LogP contribution in [0, 0.1) is 0 Å². The van der Waals surface area contributed by atoms with E-state index in [4.69, 9.17) is 9.47 Å². The Balaban J connectivity index is 1.45. The lowest BCUT2D eigenvalue weighted by atomic mass is 10.1. The summed E-state index contributed by atoms with van der Waals surface area (Å²) in [5.74, 6) is 0.362. The molecule has 0 aromatic heterocycles. The van der Waals surface area contributed by atoms with Gasteiger partial charge in [0.2, 0.25) is 10.0 Å². The van der Waals surface area contributed by atoms with Crippen molar-refractivity contribution in [2.24, 2.45) is 0 Å². The number of hydrogen-bond acceptors (Lipinski definition) is 5. The second kappa shape index (κ2) is 9.68. The number of anilines is 1. The molecule has 0 aliphatic carbocycles. The highest BCUT2D eigenvalue weighted by Crippen LogP contribution is 2.27. The summed E-state index contributed by atoms with van der Waals surface area (Å²) in [5.41, 5.74) is 0.510. The van der Waals surface area contributed by atoms with E-state index >= 15 is 0 Å². The summed E-state index contributed by atoms with van der Waals surface area (Å²) in [6.07, 6.45) is -0.198. The van der Waals surface area contributed by atoms with E-state index in [0.29, 0.717) is 44.2 Å². The predicted octanol–water partition coefficient (Wildman–Crippen LogP) is 3.66. The van der Waals surface area contributed by atoms with E-state index < -0.39 is 16.1 Å². The minimum absolute atomic E-state index is 0.191. The third-order valence-electron chi connectivity index (χ3n) is 5.41. The Labute approximate surface area is 188 Å². The molecule has 0 spiro atoms. The summed E-state index contributed by atoms with van der Waals surface area (Å²) in [6.45, 7) is 3.34. The molecular weight excluding hydrogens is 428 g/mol. The Morgan fingerprint density at radius 2 is 1.72 bits per heavy atom. The molecule has 0 unspecified atom stereocenters. The number of benzene rings is 3. The molecule has 0 bridgehead atoms. The maximum Gasteiger partial charge on any atom is 0.265 e. The predicted molar refractivity (Wildman–Crippen MR) is 123 cm³/mol. The molecule has 1 N–H and O–H groups in total. The van der Waals surface area contributed by atoms with Crippen LogP contribution in [0.4, 0.5) is 5.69 Å². The molecule has 168 valence electrons. The monoisotopic (exact) mass is 454 g/mol. The first-order chi connectivity index (χ1) is 15.5. The number of fused-ring (bicyclic) bond motifs is 1. The van der Waals surface area contributed by atoms with Gasteiger partial charge in [-0.1, -0.05) is 43.3 Å². The van der Waals surface area contributed by atoms with Crippen molar-refractivity contribution in [2.45, 2.75) is 24.3 Å². The van der Waals surface area contributed by atoms with E-state index in [1.807, 2.05) is 49.4 Å².